The molecule has 3 rings (SSSR count). The van der Waals surface area contributed by atoms with Crippen LogP contribution in [0.3, 0.4) is 0 Å². The second-order valence-corrected chi connectivity index (χ2v) is 6.83. The van der Waals surface area contributed by atoms with E-state index in [-0.39, 0.29) is 6.10 Å². The van der Waals surface area contributed by atoms with Gasteiger partial charge in [0, 0.05) is 0 Å². The Morgan fingerprint density at radius 1 is 1.10 bits per heavy atom. The molecule has 3 heterocycles. The Bertz CT molecular complexity index is 434. The number of hydrogen-bond donors (Lipinski definition) is 1. The Morgan fingerprint density at radius 2 is 1.81 bits per heavy atom. The summed E-state index contributed by atoms with van der Waals surface area (Å²) in [5.74, 6) is -1.45. The van der Waals surface area contributed by atoms with Crippen molar-refractivity contribution < 1.29 is 28.8 Å². The van der Waals surface area contributed by atoms with E-state index in [1.54, 1.807) is 19.9 Å². The van der Waals surface area contributed by atoms with Gasteiger partial charge in [-0.3, -0.25) is 0 Å². The molecule has 3 aliphatic heterocycles. The zero-order valence-electron chi connectivity index (χ0n) is 13.0. The lowest BCUT2D eigenvalue weighted by molar-refractivity contribution is -0.247. The highest BCUT2D eigenvalue weighted by Crippen LogP contribution is 2.47. The van der Waals surface area contributed by atoms with Crippen molar-refractivity contribution in [2.45, 2.75) is 75.9 Å². The lowest BCUT2D eigenvalue weighted by Crippen LogP contribution is -2.53. The van der Waals surface area contributed by atoms with Crippen LogP contribution in [0.4, 0.5) is 0 Å². The van der Waals surface area contributed by atoms with Crippen molar-refractivity contribution in [2.24, 2.45) is 0 Å². The molecule has 0 amide bonds. The zero-order valence-corrected chi connectivity index (χ0v) is 13.0. The summed E-state index contributed by atoms with van der Waals surface area (Å²) < 4.78 is 28.9. The largest absolute Gasteiger partial charge is 0.384 e. The van der Waals surface area contributed by atoms with Gasteiger partial charge in [-0.2, -0.15) is 0 Å². The molecule has 120 valence electrons. The standard InChI is InChI=1S/C15H24O6/c1-6-7-15(16)10(9-8-17-13(2,3)19-9)18-12-11(15)20-14(4,5)21-12/h6,9-12,16H,1,7-8H2,2-5H3. The van der Waals surface area contributed by atoms with E-state index in [1.165, 1.54) is 0 Å². The molecular weight excluding hydrogens is 276 g/mol. The average molecular weight is 300 g/mol. The van der Waals surface area contributed by atoms with Crippen molar-refractivity contribution in [3.05, 3.63) is 12.7 Å². The third-order valence-electron chi connectivity index (χ3n) is 4.16. The minimum Gasteiger partial charge on any atom is -0.384 e. The molecule has 0 saturated carbocycles. The second-order valence-electron chi connectivity index (χ2n) is 6.83. The van der Waals surface area contributed by atoms with Crippen LogP contribution in [-0.4, -0.2) is 53.5 Å². The Hall–Kier alpha value is -0.500. The van der Waals surface area contributed by atoms with Crippen LogP contribution < -0.4 is 0 Å². The molecule has 5 unspecified atom stereocenters. The van der Waals surface area contributed by atoms with Gasteiger partial charge in [0.2, 0.25) is 0 Å². The maximum Gasteiger partial charge on any atom is 0.190 e. The van der Waals surface area contributed by atoms with Crippen LogP contribution in [0.2, 0.25) is 0 Å². The first-order chi connectivity index (χ1) is 9.67. The highest BCUT2D eigenvalue weighted by atomic mass is 16.8. The van der Waals surface area contributed by atoms with Crippen LogP contribution in [0.1, 0.15) is 34.1 Å². The lowest BCUT2D eigenvalue weighted by atomic mass is 9.86. The highest BCUT2D eigenvalue weighted by molar-refractivity contribution is 5.10. The van der Waals surface area contributed by atoms with Crippen molar-refractivity contribution in [3.8, 4) is 0 Å². The minimum absolute atomic E-state index is 0.332. The van der Waals surface area contributed by atoms with Gasteiger partial charge >= 0.3 is 0 Å². The summed E-state index contributed by atoms with van der Waals surface area (Å²) >= 11 is 0. The highest BCUT2D eigenvalue weighted by Gasteiger charge is 2.65. The number of aliphatic hydroxyl groups is 1. The first kappa shape index (κ1) is 15.4. The van der Waals surface area contributed by atoms with E-state index in [4.69, 9.17) is 23.7 Å². The molecule has 0 aliphatic carbocycles. The fraction of sp³-hybridized carbons (Fsp3) is 0.867. The molecule has 5 atom stereocenters. The van der Waals surface area contributed by atoms with E-state index in [0.29, 0.717) is 13.0 Å². The van der Waals surface area contributed by atoms with Gasteiger partial charge in [0.1, 0.15) is 23.9 Å². The van der Waals surface area contributed by atoms with E-state index >= 15 is 0 Å². The smallest absolute Gasteiger partial charge is 0.190 e. The van der Waals surface area contributed by atoms with Gasteiger partial charge in [-0.1, -0.05) is 6.08 Å². The van der Waals surface area contributed by atoms with Crippen molar-refractivity contribution >= 4 is 0 Å². The van der Waals surface area contributed by atoms with Gasteiger partial charge in [-0.25, -0.2) is 0 Å². The maximum absolute atomic E-state index is 11.1. The predicted molar refractivity (Wildman–Crippen MR) is 73.4 cm³/mol. The van der Waals surface area contributed by atoms with Crippen molar-refractivity contribution in [1.29, 1.82) is 0 Å². The SMILES string of the molecule is C=CCC1(O)C(C2COC(C)(C)O2)OC2OC(C)(C)OC21. The molecule has 0 aromatic heterocycles. The first-order valence-corrected chi connectivity index (χ1v) is 7.33. The summed E-state index contributed by atoms with van der Waals surface area (Å²) in [5, 5.41) is 11.1. The van der Waals surface area contributed by atoms with Crippen LogP contribution in [0.25, 0.3) is 0 Å². The van der Waals surface area contributed by atoms with Crippen molar-refractivity contribution in [3.63, 3.8) is 0 Å². The Morgan fingerprint density at radius 3 is 2.38 bits per heavy atom. The van der Waals surface area contributed by atoms with E-state index in [9.17, 15) is 5.11 Å². The lowest BCUT2D eigenvalue weighted by Gasteiger charge is -2.35. The number of ether oxygens (including phenoxy) is 5. The molecule has 21 heavy (non-hydrogen) atoms. The fourth-order valence-corrected chi connectivity index (χ4v) is 3.33. The van der Waals surface area contributed by atoms with Crippen LogP contribution in [0.15, 0.2) is 12.7 Å². The Labute approximate surface area is 125 Å². The molecule has 3 aliphatic rings. The van der Waals surface area contributed by atoms with Gasteiger partial charge in [-0.05, 0) is 34.1 Å². The van der Waals surface area contributed by atoms with Crippen LogP contribution in [0, 0.1) is 0 Å². The van der Waals surface area contributed by atoms with Gasteiger partial charge < -0.3 is 28.8 Å². The molecular formula is C15H24O6. The Balaban J connectivity index is 1.84. The molecule has 0 aromatic carbocycles. The van der Waals surface area contributed by atoms with Crippen LogP contribution >= 0.6 is 0 Å². The van der Waals surface area contributed by atoms with Crippen molar-refractivity contribution in [2.75, 3.05) is 6.61 Å². The molecule has 0 radical (unpaired) electrons. The fourth-order valence-electron chi connectivity index (χ4n) is 3.33. The third-order valence-corrected chi connectivity index (χ3v) is 4.16. The monoisotopic (exact) mass is 300 g/mol. The predicted octanol–water partition coefficient (Wildman–Crippen LogP) is 1.32. The molecule has 0 aromatic rings. The summed E-state index contributed by atoms with van der Waals surface area (Å²) in [4.78, 5) is 0. The van der Waals surface area contributed by atoms with E-state index in [0.717, 1.165) is 0 Å². The normalized spacial score (nSPS) is 47.5. The Kier molecular flexibility index (Phi) is 3.48. The summed E-state index contributed by atoms with van der Waals surface area (Å²) in [7, 11) is 0. The molecule has 1 N–H and O–H groups in total. The van der Waals surface area contributed by atoms with E-state index in [1.807, 2.05) is 13.8 Å². The summed E-state index contributed by atoms with van der Waals surface area (Å²) in [6.45, 7) is 11.4. The third kappa shape index (κ3) is 2.54. The van der Waals surface area contributed by atoms with E-state index in [2.05, 4.69) is 6.58 Å². The van der Waals surface area contributed by atoms with Crippen LogP contribution in [0.5, 0.6) is 0 Å². The first-order valence-electron chi connectivity index (χ1n) is 7.33. The van der Waals surface area contributed by atoms with Crippen molar-refractivity contribution in [1.82, 2.24) is 0 Å². The molecule has 3 fully saturated rings. The summed E-state index contributed by atoms with van der Waals surface area (Å²) in [5.41, 5.74) is -1.24. The molecule has 6 heteroatoms. The summed E-state index contributed by atoms with van der Waals surface area (Å²) in [6.07, 6.45) is -0.133. The van der Waals surface area contributed by atoms with Gasteiger partial charge in [0.05, 0.1) is 6.61 Å². The quantitative estimate of drug-likeness (QED) is 0.793. The summed E-state index contributed by atoms with van der Waals surface area (Å²) in [6, 6.07) is 0. The molecule has 0 bridgehead atoms. The maximum atomic E-state index is 11.1. The van der Waals surface area contributed by atoms with Crippen LogP contribution in [-0.2, 0) is 23.7 Å². The van der Waals surface area contributed by atoms with E-state index < -0.39 is 35.7 Å². The zero-order chi connectivity index (χ0) is 15.5. The minimum atomic E-state index is -1.24. The average Bonchev–Trinajstić information content (AvgIpc) is 2.92. The molecule has 3 saturated heterocycles. The van der Waals surface area contributed by atoms with Gasteiger partial charge in [-0.15, -0.1) is 6.58 Å². The second kappa shape index (κ2) is 4.75. The van der Waals surface area contributed by atoms with Gasteiger partial charge in [0.15, 0.2) is 17.9 Å². The number of hydrogen-bond acceptors (Lipinski definition) is 6. The topological polar surface area (TPSA) is 66.4 Å². The number of fused-ring (bicyclic) bond motifs is 1. The van der Waals surface area contributed by atoms with Gasteiger partial charge in [0.25, 0.3) is 0 Å². The molecule has 0 spiro atoms. The molecule has 6 nitrogen and oxygen atoms in total. The number of rotatable bonds is 3.